The van der Waals surface area contributed by atoms with Crippen molar-refractivity contribution in [2.75, 3.05) is 13.1 Å². The van der Waals surface area contributed by atoms with E-state index in [-0.39, 0.29) is 28.4 Å². The third-order valence-electron chi connectivity index (χ3n) is 11.3. The lowest BCUT2D eigenvalue weighted by Crippen LogP contribution is -2.61. The first-order valence-corrected chi connectivity index (χ1v) is 13.8. The maximum atomic E-state index is 12.7. The third-order valence-corrected chi connectivity index (χ3v) is 11.3. The van der Waals surface area contributed by atoms with E-state index in [0.717, 1.165) is 88.6 Å². The van der Waals surface area contributed by atoms with Crippen LogP contribution in [0, 0.1) is 28.6 Å². The van der Waals surface area contributed by atoms with Gasteiger partial charge in [-0.05, 0) is 105 Å². The number of carbonyl (C=O) groups excluding carboxylic acids is 1. The van der Waals surface area contributed by atoms with Crippen LogP contribution in [-0.4, -0.2) is 34.7 Å². The van der Waals surface area contributed by atoms with Crippen LogP contribution in [0.15, 0.2) is 39.4 Å². The largest absolute Gasteiger partial charge is 0.431 e. The average molecular weight is 481 g/mol. The van der Waals surface area contributed by atoms with Gasteiger partial charge < -0.3 is 19.7 Å². The van der Waals surface area contributed by atoms with Crippen LogP contribution in [0.25, 0.3) is 0 Å². The summed E-state index contributed by atoms with van der Waals surface area (Å²) in [5.74, 6) is 1.48. The van der Waals surface area contributed by atoms with Crippen LogP contribution >= 0.6 is 0 Å². The summed E-state index contributed by atoms with van der Waals surface area (Å²) in [6.45, 7) is 6.48. The molecule has 2 amide bonds. The SMILES string of the molecule is CC12CCC(NC(=O)N3CCCC3)=CC1CCC1C2CCC2(C)C(c3ccc(=O)oc3)CCC12O. The van der Waals surface area contributed by atoms with Gasteiger partial charge in [-0.15, -0.1) is 0 Å². The second-order valence-electron chi connectivity index (χ2n) is 12.6. The summed E-state index contributed by atoms with van der Waals surface area (Å²) in [6.07, 6.45) is 14.2. The zero-order valence-corrected chi connectivity index (χ0v) is 21.2. The molecule has 4 aliphatic carbocycles. The molecular weight excluding hydrogens is 440 g/mol. The fraction of sp³-hybridized carbons (Fsp3) is 0.724. The molecule has 0 radical (unpaired) electrons. The molecule has 2 N–H and O–H groups in total. The van der Waals surface area contributed by atoms with E-state index in [1.165, 1.54) is 6.07 Å². The molecule has 0 spiro atoms. The summed E-state index contributed by atoms with van der Waals surface area (Å²) in [6, 6.07) is 3.49. The van der Waals surface area contributed by atoms with Gasteiger partial charge in [-0.3, -0.25) is 0 Å². The van der Waals surface area contributed by atoms with Crippen molar-refractivity contribution in [1.82, 2.24) is 10.2 Å². The summed E-state index contributed by atoms with van der Waals surface area (Å²) >= 11 is 0. The Labute approximate surface area is 208 Å². The number of nitrogens with one attached hydrogen (secondary N) is 1. The van der Waals surface area contributed by atoms with Crippen LogP contribution in [0.2, 0.25) is 0 Å². The smallest absolute Gasteiger partial charge is 0.335 e. The number of aliphatic hydroxyl groups is 1. The number of urea groups is 1. The lowest BCUT2D eigenvalue weighted by Gasteiger charge is -2.62. The molecule has 190 valence electrons. The minimum atomic E-state index is -0.682. The van der Waals surface area contributed by atoms with Crippen molar-refractivity contribution >= 4 is 6.03 Å². The summed E-state index contributed by atoms with van der Waals surface area (Å²) < 4.78 is 5.22. The van der Waals surface area contributed by atoms with Gasteiger partial charge in [-0.25, -0.2) is 9.59 Å². The Morgan fingerprint density at radius 2 is 1.86 bits per heavy atom. The van der Waals surface area contributed by atoms with Gasteiger partial charge in [0.05, 0.1) is 11.9 Å². The van der Waals surface area contributed by atoms with Gasteiger partial charge in [-0.1, -0.05) is 19.9 Å². The molecule has 3 saturated carbocycles. The first kappa shape index (κ1) is 23.3. The predicted octanol–water partition coefficient (Wildman–Crippen LogP) is 5.18. The summed E-state index contributed by atoms with van der Waals surface area (Å²) in [4.78, 5) is 26.1. The number of carbonyl (C=O) groups is 1. The van der Waals surface area contributed by atoms with Gasteiger partial charge >= 0.3 is 11.7 Å². The molecule has 2 heterocycles. The molecule has 7 atom stereocenters. The number of likely N-dealkylation sites (tertiary alicyclic amines) is 1. The lowest BCUT2D eigenvalue weighted by molar-refractivity contribution is -0.193. The van der Waals surface area contributed by atoms with E-state index in [9.17, 15) is 14.7 Å². The lowest BCUT2D eigenvalue weighted by atomic mass is 9.44. The Balaban J connectivity index is 1.23. The molecule has 7 unspecified atom stereocenters. The van der Waals surface area contributed by atoms with Gasteiger partial charge in [0.2, 0.25) is 0 Å². The molecule has 35 heavy (non-hydrogen) atoms. The average Bonchev–Trinajstić information content (AvgIpc) is 3.47. The molecule has 4 fully saturated rings. The maximum Gasteiger partial charge on any atom is 0.335 e. The second kappa shape index (κ2) is 8.22. The fourth-order valence-electron chi connectivity index (χ4n) is 9.17. The van der Waals surface area contributed by atoms with Gasteiger partial charge in [0.15, 0.2) is 0 Å². The van der Waals surface area contributed by atoms with Crippen molar-refractivity contribution in [3.63, 3.8) is 0 Å². The summed E-state index contributed by atoms with van der Waals surface area (Å²) in [5, 5.41) is 15.6. The molecule has 1 aliphatic heterocycles. The minimum Gasteiger partial charge on any atom is -0.431 e. The summed E-state index contributed by atoms with van der Waals surface area (Å²) in [7, 11) is 0. The number of rotatable bonds is 2. The molecule has 6 heteroatoms. The minimum absolute atomic E-state index is 0.0718. The topological polar surface area (TPSA) is 82.8 Å². The number of allylic oxidation sites excluding steroid dienone is 2. The quantitative estimate of drug-likeness (QED) is 0.611. The number of amides is 2. The molecular formula is C29H40N2O4. The van der Waals surface area contributed by atoms with E-state index in [1.54, 1.807) is 6.26 Å². The highest BCUT2D eigenvalue weighted by Crippen LogP contribution is 2.70. The van der Waals surface area contributed by atoms with Gasteiger partial charge in [0.25, 0.3) is 0 Å². The van der Waals surface area contributed by atoms with E-state index in [1.807, 2.05) is 11.0 Å². The second-order valence-corrected chi connectivity index (χ2v) is 12.6. The first-order valence-electron chi connectivity index (χ1n) is 13.8. The van der Waals surface area contributed by atoms with Crippen molar-refractivity contribution in [1.29, 1.82) is 0 Å². The van der Waals surface area contributed by atoms with E-state index >= 15 is 0 Å². The Hall–Kier alpha value is -2.08. The molecule has 0 aromatic carbocycles. The van der Waals surface area contributed by atoms with Crippen molar-refractivity contribution in [3.8, 4) is 0 Å². The Morgan fingerprint density at radius 1 is 1.06 bits per heavy atom. The standard InChI is InChI=1S/C29H40N2O4/c1-27-12-9-21(30-26(33)31-15-3-4-16-31)17-20(27)6-7-24-23(27)10-13-28(2)22(11-14-29(24,28)34)19-5-8-25(32)35-18-19/h5,8,17-18,20,22-24,34H,3-4,6-7,9-16H2,1-2H3,(H,30,33). The van der Waals surface area contributed by atoms with Crippen molar-refractivity contribution in [3.05, 3.63) is 46.2 Å². The van der Waals surface area contributed by atoms with E-state index in [0.29, 0.717) is 17.8 Å². The highest BCUT2D eigenvalue weighted by Gasteiger charge is 2.67. The van der Waals surface area contributed by atoms with Crippen molar-refractivity contribution in [2.45, 2.75) is 89.6 Å². The molecule has 1 aromatic heterocycles. The number of hydrogen-bond acceptors (Lipinski definition) is 4. The predicted molar refractivity (Wildman–Crippen MR) is 134 cm³/mol. The van der Waals surface area contributed by atoms with Crippen molar-refractivity contribution < 1.29 is 14.3 Å². The Morgan fingerprint density at radius 3 is 2.60 bits per heavy atom. The molecule has 5 aliphatic rings. The highest BCUT2D eigenvalue weighted by molar-refractivity contribution is 5.76. The molecule has 6 rings (SSSR count). The number of nitrogens with zero attached hydrogens (tertiary/aromatic N) is 1. The molecule has 6 nitrogen and oxygen atoms in total. The van der Waals surface area contributed by atoms with Crippen LogP contribution in [-0.2, 0) is 0 Å². The zero-order valence-electron chi connectivity index (χ0n) is 21.2. The number of fused-ring (bicyclic) bond motifs is 5. The van der Waals surface area contributed by atoms with Crippen LogP contribution in [0.3, 0.4) is 0 Å². The monoisotopic (exact) mass is 480 g/mol. The highest BCUT2D eigenvalue weighted by atomic mass is 16.4. The van der Waals surface area contributed by atoms with Gasteiger partial charge in [0.1, 0.15) is 0 Å². The van der Waals surface area contributed by atoms with Gasteiger partial charge in [0, 0.05) is 30.3 Å². The van der Waals surface area contributed by atoms with E-state index in [4.69, 9.17) is 4.42 Å². The van der Waals surface area contributed by atoms with Crippen molar-refractivity contribution in [2.24, 2.45) is 28.6 Å². The first-order chi connectivity index (χ1) is 16.7. The summed E-state index contributed by atoms with van der Waals surface area (Å²) in [5.41, 5.74) is 1.13. The third kappa shape index (κ3) is 3.46. The van der Waals surface area contributed by atoms with Gasteiger partial charge in [-0.2, -0.15) is 0 Å². The normalized spacial score (nSPS) is 42.6. The van der Waals surface area contributed by atoms with Crippen LogP contribution in [0.5, 0.6) is 0 Å². The maximum absolute atomic E-state index is 12.7. The Bertz CT molecular complexity index is 1070. The molecule has 1 aromatic rings. The fourth-order valence-corrected chi connectivity index (χ4v) is 9.17. The van der Waals surface area contributed by atoms with E-state index < -0.39 is 5.60 Å². The van der Waals surface area contributed by atoms with E-state index in [2.05, 4.69) is 25.2 Å². The van der Waals surface area contributed by atoms with Crippen LogP contribution < -0.4 is 10.9 Å². The number of hydrogen-bond donors (Lipinski definition) is 2. The zero-order chi connectivity index (χ0) is 24.4. The van der Waals surface area contributed by atoms with Crippen LogP contribution in [0.4, 0.5) is 4.79 Å². The molecule has 1 saturated heterocycles. The molecule has 0 bridgehead atoms. The van der Waals surface area contributed by atoms with Crippen LogP contribution in [0.1, 0.15) is 89.5 Å². The Kier molecular flexibility index (Phi) is 5.48.